The van der Waals surface area contributed by atoms with Gasteiger partial charge >= 0.3 is 0 Å². The Morgan fingerprint density at radius 3 is 2.57 bits per heavy atom. The molecule has 0 radical (unpaired) electrons. The van der Waals surface area contributed by atoms with Crippen LogP contribution in [0.25, 0.3) is 0 Å². The van der Waals surface area contributed by atoms with Gasteiger partial charge in [0.05, 0.1) is 0 Å². The lowest BCUT2D eigenvalue weighted by molar-refractivity contribution is 0.919. The lowest BCUT2D eigenvalue weighted by atomic mass is 10.0. The van der Waals surface area contributed by atoms with Gasteiger partial charge in [0.25, 0.3) is 0 Å². The molecule has 0 spiro atoms. The first-order valence-electron chi connectivity index (χ1n) is 5.43. The minimum absolute atomic E-state index is 1.07. The summed E-state index contributed by atoms with van der Waals surface area (Å²) in [7, 11) is 0. The molecule has 1 aromatic carbocycles. The number of rotatable bonds is 4. The van der Waals surface area contributed by atoms with E-state index in [1.54, 1.807) is 0 Å². The van der Waals surface area contributed by atoms with Crippen LogP contribution in [-0.2, 0) is 12.8 Å². The standard InChI is InChI=1S/C14H20/c1-4-6-13-7-5-8-14(11-13)10-9-12(2)3/h5,7-9,11H,4,6,10H2,1-3H3. The first-order valence-corrected chi connectivity index (χ1v) is 5.43. The van der Waals surface area contributed by atoms with Gasteiger partial charge in [0.2, 0.25) is 0 Å². The van der Waals surface area contributed by atoms with Crippen LogP contribution < -0.4 is 0 Å². The van der Waals surface area contributed by atoms with E-state index in [9.17, 15) is 0 Å². The second kappa shape index (κ2) is 5.64. The summed E-state index contributed by atoms with van der Waals surface area (Å²) in [5, 5.41) is 0. The second-order valence-electron chi connectivity index (χ2n) is 4.06. The Hall–Kier alpha value is -1.04. The van der Waals surface area contributed by atoms with Crippen LogP contribution in [0.2, 0.25) is 0 Å². The van der Waals surface area contributed by atoms with Crippen LogP contribution in [0.15, 0.2) is 35.9 Å². The van der Waals surface area contributed by atoms with Gasteiger partial charge in [0.1, 0.15) is 0 Å². The van der Waals surface area contributed by atoms with Gasteiger partial charge < -0.3 is 0 Å². The van der Waals surface area contributed by atoms with E-state index in [1.807, 2.05) is 0 Å². The lowest BCUT2D eigenvalue weighted by Crippen LogP contribution is -1.87. The largest absolute Gasteiger partial charge is 0.0815 e. The summed E-state index contributed by atoms with van der Waals surface area (Å²) in [6.07, 6.45) is 5.78. The molecule has 0 aliphatic carbocycles. The van der Waals surface area contributed by atoms with Crippen LogP contribution in [0, 0.1) is 0 Å². The molecule has 0 nitrogen and oxygen atoms in total. The number of allylic oxidation sites excluding steroid dienone is 2. The van der Waals surface area contributed by atoms with E-state index in [0.29, 0.717) is 0 Å². The van der Waals surface area contributed by atoms with Crippen LogP contribution >= 0.6 is 0 Å². The Morgan fingerprint density at radius 1 is 1.21 bits per heavy atom. The van der Waals surface area contributed by atoms with Crippen molar-refractivity contribution in [2.24, 2.45) is 0 Å². The van der Waals surface area contributed by atoms with E-state index in [2.05, 4.69) is 51.1 Å². The molecule has 0 aliphatic rings. The zero-order chi connectivity index (χ0) is 10.4. The van der Waals surface area contributed by atoms with E-state index < -0.39 is 0 Å². The van der Waals surface area contributed by atoms with Gasteiger partial charge in [-0.3, -0.25) is 0 Å². The molecule has 0 saturated carbocycles. The maximum absolute atomic E-state index is 2.32. The summed E-state index contributed by atoms with van der Waals surface area (Å²) in [6.45, 7) is 6.52. The molecule has 0 aliphatic heterocycles. The van der Waals surface area contributed by atoms with Crippen LogP contribution in [-0.4, -0.2) is 0 Å². The van der Waals surface area contributed by atoms with Crippen LogP contribution in [0.4, 0.5) is 0 Å². The Bertz CT molecular complexity index is 304. The van der Waals surface area contributed by atoms with Gasteiger partial charge in [-0.1, -0.05) is 49.3 Å². The highest BCUT2D eigenvalue weighted by Gasteiger charge is 1.93. The highest BCUT2D eigenvalue weighted by atomic mass is 14.0. The Kier molecular flexibility index (Phi) is 4.45. The van der Waals surface area contributed by atoms with Gasteiger partial charge in [0, 0.05) is 0 Å². The molecular weight excluding hydrogens is 168 g/mol. The zero-order valence-electron chi connectivity index (χ0n) is 9.51. The number of aryl methyl sites for hydroxylation is 1. The van der Waals surface area contributed by atoms with Crippen LogP contribution in [0.5, 0.6) is 0 Å². The van der Waals surface area contributed by atoms with Crippen molar-refractivity contribution in [2.45, 2.75) is 40.0 Å². The average Bonchev–Trinajstić information content (AvgIpc) is 2.16. The summed E-state index contributed by atoms with van der Waals surface area (Å²) in [5.74, 6) is 0. The van der Waals surface area contributed by atoms with E-state index in [4.69, 9.17) is 0 Å². The third-order valence-corrected chi connectivity index (χ3v) is 2.28. The summed E-state index contributed by atoms with van der Waals surface area (Å²) >= 11 is 0. The molecule has 0 N–H and O–H groups in total. The van der Waals surface area contributed by atoms with E-state index in [-0.39, 0.29) is 0 Å². The molecule has 0 amide bonds. The van der Waals surface area contributed by atoms with E-state index in [0.717, 1.165) is 6.42 Å². The predicted octanol–water partition coefficient (Wildman–Crippen LogP) is 4.15. The molecule has 0 unspecified atom stereocenters. The fraction of sp³-hybridized carbons (Fsp3) is 0.429. The molecule has 14 heavy (non-hydrogen) atoms. The van der Waals surface area contributed by atoms with Crippen molar-refractivity contribution in [3.8, 4) is 0 Å². The lowest BCUT2D eigenvalue weighted by Gasteiger charge is -2.02. The SMILES string of the molecule is CCCc1cccc(CC=C(C)C)c1. The molecular formula is C14H20. The first kappa shape index (κ1) is 11.0. The fourth-order valence-electron chi connectivity index (χ4n) is 1.52. The number of hydrogen-bond donors (Lipinski definition) is 0. The molecule has 0 bridgehead atoms. The average molecular weight is 188 g/mol. The summed E-state index contributed by atoms with van der Waals surface area (Å²) in [4.78, 5) is 0. The topological polar surface area (TPSA) is 0 Å². The molecule has 0 saturated heterocycles. The monoisotopic (exact) mass is 188 g/mol. The zero-order valence-corrected chi connectivity index (χ0v) is 9.51. The van der Waals surface area contributed by atoms with Crippen molar-refractivity contribution in [3.63, 3.8) is 0 Å². The Labute approximate surface area is 87.7 Å². The minimum Gasteiger partial charge on any atom is -0.0815 e. The molecule has 0 heterocycles. The summed E-state index contributed by atoms with van der Waals surface area (Å²) < 4.78 is 0. The molecule has 0 atom stereocenters. The second-order valence-corrected chi connectivity index (χ2v) is 4.06. The third kappa shape index (κ3) is 3.78. The Balaban J connectivity index is 2.68. The quantitative estimate of drug-likeness (QED) is 0.623. The van der Waals surface area contributed by atoms with Crippen molar-refractivity contribution in [1.29, 1.82) is 0 Å². The van der Waals surface area contributed by atoms with Crippen LogP contribution in [0.3, 0.4) is 0 Å². The third-order valence-electron chi connectivity index (χ3n) is 2.28. The maximum Gasteiger partial charge on any atom is -0.00949 e. The molecule has 1 rings (SSSR count). The maximum atomic E-state index is 2.32. The molecule has 0 aromatic heterocycles. The molecule has 0 heteroatoms. The highest BCUT2D eigenvalue weighted by Crippen LogP contribution is 2.09. The normalized spacial score (nSPS) is 9.93. The van der Waals surface area contributed by atoms with Crippen LogP contribution in [0.1, 0.15) is 38.3 Å². The van der Waals surface area contributed by atoms with Gasteiger partial charge in [-0.25, -0.2) is 0 Å². The first-order chi connectivity index (χ1) is 6.72. The van der Waals surface area contributed by atoms with Crippen molar-refractivity contribution >= 4 is 0 Å². The number of hydrogen-bond acceptors (Lipinski definition) is 0. The smallest absolute Gasteiger partial charge is 0.00949 e. The van der Waals surface area contributed by atoms with E-state index in [1.165, 1.54) is 29.5 Å². The number of benzene rings is 1. The van der Waals surface area contributed by atoms with Gasteiger partial charge in [-0.05, 0) is 37.8 Å². The molecule has 0 fully saturated rings. The van der Waals surface area contributed by atoms with Crippen molar-refractivity contribution in [1.82, 2.24) is 0 Å². The van der Waals surface area contributed by atoms with Crippen molar-refractivity contribution in [2.75, 3.05) is 0 Å². The Morgan fingerprint density at radius 2 is 1.93 bits per heavy atom. The minimum atomic E-state index is 1.07. The fourth-order valence-corrected chi connectivity index (χ4v) is 1.52. The summed E-state index contributed by atoms with van der Waals surface area (Å²) in [5.41, 5.74) is 4.29. The summed E-state index contributed by atoms with van der Waals surface area (Å²) in [6, 6.07) is 8.91. The predicted molar refractivity (Wildman–Crippen MR) is 63.6 cm³/mol. The van der Waals surface area contributed by atoms with Gasteiger partial charge in [-0.2, -0.15) is 0 Å². The molecule has 1 aromatic rings. The molecule has 76 valence electrons. The van der Waals surface area contributed by atoms with Gasteiger partial charge in [0.15, 0.2) is 0 Å². The highest BCUT2D eigenvalue weighted by molar-refractivity contribution is 5.25. The van der Waals surface area contributed by atoms with Crippen molar-refractivity contribution < 1.29 is 0 Å². The van der Waals surface area contributed by atoms with Crippen molar-refractivity contribution in [3.05, 3.63) is 47.0 Å². The van der Waals surface area contributed by atoms with Gasteiger partial charge in [-0.15, -0.1) is 0 Å². The van der Waals surface area contributed by atoms with E-state index >= 15 is 0 Å².